The molecule has 2 heterocycles. The fraction of sp³-hybridized carbons (Fsp3) is 1.00. The van der Waals surface area contributed by atoms with Crippen LogP contribution in [0.1, 0.15) is 12.8 Å². The standard InChI is InChI=1S/C12H22O10/c13-3-11(19)9(17)5(15)1-7(21-11)8-2-6(16)10(18)12(20,4-14)22-8/h5-10,13-20H,1-4H2/t5-,6-,7-,8-,9+,10+,11-,12-/m1/s1. The fourth-order valence-electron chi connectivity index (χ4n) is 2.81. The van der Waals surface area contributed by atoms with Crippen LogP contribution in [0.15, 0.2) is 0 Å². The highest BCUT2D eigenvalue weighted by atomic mass is 16.7. The van der Waals surface area contributed by atoms with E-state index in [1.165, 1.54) is 0 Å². The topological polar surface area (TPSA) is 180 Å². The predicted octanol–water partition coefficient (Wildman–Crippen LogP) is -4.63. The summed E-state index contributed by atoms with van der Waals surface area (Å²) in [5.41, 5.74) is 0. The van der Waals surface area contributed by atoms with Gasteiger partial charge < -0.3 is 50.3 Å². The molecule has 0 aromatic rings. The van der Waals surface area contributed by atoms with E-state index in [0.29, 0.717) is 0 Å². The van der Waals surface area contributed by atoms with Crippen LogP contribution in [0.5, 0.6) is 0 Å². The molecule has 2 aliphatic heterocycles. The van der Waals surface area contributed by atoms with Crippen molar-refractivity contribution in [3.63, 3.8) is 0 Å². The number of aliphatic hydroxyl groups is 8. The monoisotopic (exact) mass is 326 g/mol. The van der Waals surface area contributed by atoms with Gasteiger partial charge in [-0.1, -0.05) is 0 Å². The molecule has 0 amide bonds. The molecule has 130 valence electrons. The summed E-state index contributed by atoms with van der Waals surface area (Å²) in [5, 5.41) is 77.0. The fourth-order valence-corrected chi connectivity index (χ4v) is 2.81. The van der Waals surface area contributed by atoms with E-state index in [4.69, 9.17) is 19.7 Å². The minimum absolute atomic E-state index is 0.210. The average Bonchev–Trinajstić information content (AvgIpc) is 2.49. The lowest BCUT2D eigenvalue weighted by Crippen LogP contribution is -2.66. The van der Waals surface area contributed by atoms with Crippen LogP contribution >= 0.6 is 0 Å². The van der Waals surface area contributed by atoms with E-state index in [9.17, 15) is 30.6 Å². The quantitative estimate of drug-likeness (QED) is 0.251. The first-order valence-electron chi connectivity index (χ1n) is 6.91. The molecule has 22 heavy (non-hydrogen) atoms. The lowest BCUT2D eigenvalue weighted by atomic mass is 9.87. The number of rotatable bonds is 3. The van der Waals surface area contributed by atoms with Gasteiger partial charge in [-0.2, -0.15) is 0 Å². The van der Waals surface area contributed by atoms with Gasteiger partial charge in [-0.25, -0.2) is 0 Å². The van der Waals surface area contributed by atoms with E-state index < -0.39 is 61.4 Å². The van der Waals surface area contributed by atoms with E-state index in [2.05, 4.69) is 0 Å². The van der Waals surface area contributed by atoms with Crippen molar-refractivity contribution >= 4 is 0 Å². The highest BCUT2D eigenvalue weighted by Gasteiger charge is 2.54. The summed E-state index contributed by atoms with van der Waals surface area (Å²) in [6, 6.07) is 0. The second-order valence-corrected chi connectivity index (χ2v) is 5.81. The zero-order valence-electron chi connectivity index (χ0n) is 11.7. The average molecular weight is 326 g/mol. The van der Waals surface area contributed by atoms with Crippen molar-refractivity contribution in [2.24, 2.45) is 0 Å². The Hall–Kier alpha value is -0.400. The Labute approximate surface area is 125 Å². The summed E-state index contributed by atoms with van der Waals surface area (Å²) < 4.78 is 10.3. The lowest BCUT2D eigenvalue weighted by Gasteiger charge is -2.49. The molecule has 10 nitrogen and oxygen atoms in total. The number of aliphatic hydroxyl groups excluding tert-OH is 6. The Kier molecular flexibility index (Phi) is 5.09. The zero-order valence-corrected chi connectivity index (χ0v) is 11.7. The summed E-state index contributed by atoms with van der Waals surface area (Å²) in [4.78, 5) is 0. The minimum atomic E-state index is -2.43. The molecule has 0 aromatic carbocycles. The van der Waals surface area contributed by atoms with Crippen molar-refractivity contribution in [1.82, 2.24) is 0 Å². The molecule has 2 aliphatic rings. The van der Waals surface area contributed by atoms with Gasteiger partial charge in [0.1, 0.15) is 12.2 Å². The largest absolute Gasteiger partial charge is 0.391 e. The van der Waals surface area contributed by atoms with Crippen molar-refractivity contribution in [2.45, 2.75) is 61.0 Å². The van der Waals surface area contributed by atoms with Crippen molar-refractivity contribution in [3.8, 4) is 0 Å². The molecule has 0 aromatic heterocycles. The number of ether oxygens (including phenoxy) is 2. The maximum atomic E-state index is 9.96. The Morgan fingerprint density at radius 2 is 1.05 bits per heavy atom. The van der Waals surface area contributed by atoms with Crippen LogP contribution in [0.3, 0.4) is 0 Å². The van der Waals surface area contributed by atoms with E-state index in [0.717, 1.165) is 0 Å². The summed E-state index contributed by atoms with van der Waals surface area (Å²) in [7, 11) is 0. The highest BCUT2D eigenvalue weighted by molar-refractivity contribution is 4.97. The molecular weight excluding hydrogens is 304 g/mol. The first-order chi connectivity index (χ1) is 10.2. The van der Waals surface area contributed by atoms with Crippen molar-refractivity contribution in [2.75, 3.05) is 13.2 Å². The van der Waals surface area contributed by atoms with Crippen LogP contribution in [0.2, 0.25) is 0 Å². The maximum absolute atomic E-state index is 9.96. The van der Waals surface area contributed by atoms with Crippen molar-refractivity contribution < 1.29 is 50.3 Å². The molecule has 0 aliphatic carbocycles. The van der Waals surface area contributed by atoms with E-state index in [1.54, 1.807) is 0 Å². The Morgan fingerprint density at radius 1 is 0.727 bits per heavy atom. The predicted molar refractivity (Wildman–Crippen MR) is 67.1 cm³/mol. The molecule has 8 atom stereocenters. The van der Waals surface area contributed by atoms with E-state index in [-0.39, 0.29) is 12.8 Å². The molecule has 8 N–H and O–H groups in total. The second kappa shape index (κ2) is 6.24. The summed E-state index contributed by atoms with van der Waals surface area (Å²) >= 11 is 0. The van der Waals surface area contributed by atoms with Gasteiger partial charge in [-0.05, 0) is 0 Å². The van der Waals surface area contributed by atoms with Crippen LogP contribution in [-0.4, -0.2) is 102 Å². The second-order valence-electron chi connectivity index (χ2n) is 5.81. The van der Waals surface area contributed by atoms with Gasteiger partial charge >= 0.3 is 0 Å². The maximum Gasteiger partial charge on any atom is 0.218 e. The van der Waals surface area contributed by atoms with E-state index >= 15 is 0 Å². The lowest BCUT2D eigenvalue weighted by molar-refractivity contribution is -0.382. The van der Waals surface area contributed by atoms with Gasteiger partial charge in [0.25, 0.3) is 0 Å². The third kappa shape index (κ3) is 2.99. The van der Waals surface area contributed by atoms with Gasteiger partial charge in [-0.15, -0.1) is 0 Å². The molecule has 0 bridgehead atoms. The third-order valence-corrected chi connectivity index (χ3v) is 4.18. The molecular formula is C12H22O10. The van der Waals surface area contributed by atoms with Crippen LogP contribution < -0.4 is 0 Å². The Balaban J connectivity index is 2.17. The van der Waals surface area contributed by atoms with Gasteiger partial charge in [-0.3, -0.25) is 0 Å². The minimum Gasteiger partial charge on any atom is -0.391 e. The molecule has 2 rings (SSSR count). The first-order valence-corrected chi connectivity index (χ1v) is 6.91. The Morgan fingerprint density at radius 3 is 1.32 bits per heavy atom. The molecule has 2 saturated heterocycles. The summed E-state index contributed by atoms with van der Waals surface area (Å²) in [6.07, 6.45) is -8.99. The SMILES string of the molecule is OC[C@@]1(O)O[C@@H]([C@H]2C[C@@H](O)[C@H](O)[C@@](O)(CO)O2)C[C@@H](O)[C@@H]1O. The van der Waals surface area contributed by atoms with Crippen LogP contribution in [0.25, 0.3) is 0 Å². The van der Waals surface area contributed by atoms with Crippen molar-refractivity contribution in [1.29, 1.82) is 0 Å². The summed E-state index contributed by atoms with van der Waals surface area (Å²) in [6.45, 7) is -1.99. The molecule has 10 heteroatoms. The molecule has 0 unspecified atom stereocenters. The Bertz CT molecular complexity index is 358. The molecule has 0 spiro atoms. The molecule has 0 saturated carbocycles. The third-order valence-electron chi connectivity index (χ3n) is 4.18. The van der Waals surface area contributed by atoms with Gasteiger partial charge in [0.15, 0.2) is 0 Å². The first kappa shape index (κ1) is 17.9. The normalized spacial score (nSPS) is 53.5. The molecule has 2 fully saturated rings. The zero-order chi connectivity index (χ0) is 16.7. The highest BCUT2D eigenvalue weighted by Crippen LogP contribution is 2.36. The van der Waals surface area contributed by atoms with Gasteiger partial charge in [0.05, 0.1) is 37.6 Å². The number of hydrogen-bond acceptors (Lipinski definition) is 10. The summed E-state index contributed by atoms with van der Waals surface area (Å²) in [5.74, 6) is -4.85. The van der Waals surface area contributed by atoms with Gasteiger partial charge in [0.2, 0.25) is 11.6 Å². The smallest absolute Gasteiger partial charge is 0.218 e. The molecule has 0 radical (unpaired) electrons. The van der Waals surface area contributed by atoms with Gasteiger partial charge in [0, 0.05) is 12.8 Å². The van der Waals surface area contributed by atoms with Crippen molar-refractivity contribution in [3.05, 3.63) is 0 Å². The van der Waals surface area contributed by atoms with Crippen LogP contribution in [-0.2, 0) is 9.47 Å². The van der Waals surface area contributed by atoms with E-state index in [1.807, 2.05) is 0 Å². The van der Waals surface area contributed by atoms with Crippen LogP contribution in [0, 0.1) is 0 Å². The van der Waals surface area contributed by atoms with Crippen LogP contribution in [0.4, 0.5) is 0 Å². The number of hydrogen-bond donors (Lipinski definition) is 8.